The molecule has 1 heterocycles. The van der Waals surface area contributed by atoms with Crippen molar-refractivity contribution in [3.63, 3.8) is 0 Å². The summed E-state index contributed by atoms with van der Waals surface area (Å²) in [6.45, 7) is 3.86. The first-order chi connectivity index (χ1) is 11.5. The second-order valence-corrected chi connectivity index (χ2v) is 5.30. The predicted molar refractivity (Wildman–Crippen MR) is 89.9 cm³/mol. The standard InChI is InChI=1S/C18H16N2O4/c1-3-24-14-10-8-13(9-11-14)18(21)17-12(2)19(22)15-6-4-5-7-16(15)20(17)23/h4-11H,3H2,1-2H3. The highest BCUT2D eigenvalue weighted by Crippen LogP contribution is 2.18. The number of ketones is 1. The van der Waals surface area contributed by atoms with Gasteiger partial charge < -0.3 is 14.7 Å². The van der Waals surface area contributed by atoms with Crippen molar-refractivity contribution >= 4 is 16.8 Å². The van der Waals surface area contributed by atoms with Gasteiger partial charge in [-0.3, -0.25) is 4.79 Å². The molecule has 122 valence electrons. The third kappa shape index (κ3) is 2.52. The van der Waals surface area contributed by atoms with Crippen molar-refractivity contribution in [1.82, 2.24) is 4.73 Å². The van der Waals surface area contributed by atoms with Gasteiger partial charge in [0.05, 0.1) is 16.7 Å². The van der Waals surface area contributed by atoms with Crippen LogP contribution in [-0.2, 0) is 0 Å². The molecular formula is C18H16N2O4. The minimum absolute atomic E-state index is 0.0718. The van der Waals surface area contributed by atoms with E-state index in [1.54, 1.807) is 42.5 Å². The van der Waals surface area contributed by atoms with Gasteiger partial charge in [-0.1, -0.05) is 12.1 Å². The van der Waals surface area contributed by atoms with E-state index in [-0.39, 0.29) is 22.4 Å². The molecule has 6 nitrogen and oxygen atoms in total. The lowest BCUT2D eigenvalue weighted by Gasteiger charge is -2.16. The Bertz CT molecular complexity index is 975. The quantitative estimate of drug-likeness (QED) is 0.546. The average Bonchev–Trinajstić information content (AvgIpc) is 2.61. The van der Waals surface area contributed by atoms with Crippen molar-refractivity contribution in [2.24, 2.45) is 0 Å². The monoisotopic (exact) mass is 324 g/mol. The maximum atomic E-state index is 12.7. The number of carbonyl (C=O) groups is 1. The molecule has 24 heavy (non-hydrogen) atoms. The summed E-state index contributed by atoms with van der Waals surface area (Å²) >= 11 is 0. The molecule has 0 aliphatic heterocycles. The molecule has 0 spiro atoms. The van der Waals surface area contributed by atoms with Gasteiger partial charge in [-0.15, -0.1) is 0 Å². The predicted octanol–water partition coefficient (Wildman–Crippen LogP) is 2.84. The first-order valence-corrected chi connectivity index (χ1v) is 7.56. The molecular weight excluding hydrogens is 308 g/mol. The van der Waals surface area contributed by atoms with Crippen LogP contribution in [0, 0.1) is 17.0 Å². The largest absolute Gasteiger partial charge is 0.805 e. The summed E-state index contributed by atoms with van der Waals surface area (Å²) in [5.41, 5.74) is 0.609. The van der Waals surface area contributed by atoms with E-state index in [9.17, 15) is 14.9 Å². The number of aromatic nitrogens is 2. The van der Waals surface area contributed by atoms with Crippen molar-refractivity contribution in [3.8, 4) is 5.75 Å². The summed E-state index contributed by atoms with van der Waals surface area (Å²) in [5.74, 6) is 0.138. The van der Waals surface area contributed by atoms with Gasteiger partial charge in [-0.25, -0.2) is 0 Å². The fourth-order valence-corrected chi connectivity index (χ4v) is 2.61. The van der Waals surface area contributed by atoms with Crippen molar-refractivity contribution in [2.75, 3.05) is 6.61 Å². The lowest BCUT2D eigenvalue weighted by atomic mass is 10.1. The number of hydrogen-bond acceptors (Lipinski definition) is 4. The molecule has 0 aliphatic rings. The van der Waals surface area contributed by atoms with Crippen molar-refractivity contribution in [1.29, 1.82) is 0 Å². The third-order valence-electron chi connectivity index (χ3n) is 3.81. The van der Waals surface area contributed by atoms with Gasteiger partial charge in [0.2, 0.25) is 0 Å². The average molecular weight is 324 g/mol. The molecule has 0 amide bonds. The van der Waals surface area contributed by atoms with Crippen LogP contribution in [-0.4, -0.2) is 17.1 Å². The minimum Gasteiger partial charge on any atom is -0.805 e. The fraction of sp³-hybridized carbons (Fsp3) is 0.167. The van der Waals surface area contributed by atoms with Gasteiger partial charge in [-0.05, 0) is 44.2 Å². The Kier molecular flexibility index (Phi) is 4.04. The summed E-state index contributed by atoms with van der Waals surface area (Å²) < 4.78 is 6.48. The van der Waals surface area contributed by atoms with Crippen LogP contribution >= 0.6 is 0 Å². The zero-order valence-electron chi connectivity index (χ0n) is 13.4. The normalized spacial score (nSPS) is 10.8. The highest BCUT2D eigenvalue weighted by molar-refractivity contribution is 6.07. The van der Waals surface area contributed by atoms with E-state index in [2.05, 4.69) is 0 Å². The Balaban J connectivity index is 2.15. The lowest BCUT2D eigenvalue weighted by molar-refractivity contribution is -0.468. The summed E-state index contributed by atoms with van der Waals surface area (Å²) in [4.78, 5) is 25.3. The summed E-state index contributed by atoms with van der Waals surface area (Å²) in [5, 5.41) is 12.4. The Labute approximate surface area is 138 Å². The fourth-order valence-electron chi connectivity index (χ4n) is 2.61. The number of ether oxygens (including phenoxy) is 1. The van der Waals surface area contributed by atoms with E-state index >= 15 is 0 Å². The van der Waals surface area contributed by atoms with E-state index in [0.29, 0.717) is 27.1 Å². The second kappa shape index (κ2) is 6.16. The maximum absolute atomic E-state index is 12.7. The molecule has 0 N–H and O–H groups in total. The first kappa shape index (κ1) is 15.7. The van der Waals surface area contributed by atoms with Crippen LogP contribution in [0.5, 0.6) is 5.75 Å². The Hall–Kier alpha value is -3.15. The van der Waals surface area contributed by atoms with Crippen molar-refractivity contribution < 1.29 is 14.0 Å². The van der Waals surface area contributed by atoms with Crippen molar-refractivity contribution in [2.45, 2.75) is 13.8 Å². The van der Waals surface area contributed by atoms with Crippen LogP contribution in [0.3, 0.4) is 0 Å². The highest BCUT2D eigenvalue weighted by atomic mass is 16.5. The van der Waals surface area contributed by atoms with Crippen LogP contribution in [0.25, 0.3) is 11.0 Å². The van der Waals surface area contributed by atoms with Gasteiger partial charge in [-0.2, -0.15) is 0 Å². The molecule has 2 aromatic carbocycles. The molecule has 0 saturated carbocycles. The minimum atomic E-state index is -0.499. The van der Waals surface area contributed by atoms with E-state index in [1.807, 2.05) is 6.92 Å². The molecule has 1 aromatic heterocycles. The van der Waals surface area contributed by atoms with Gasteiger partial charge in [0.15, 0.2) is 0 Å². The summed E-state index contributed by atoms with van der Waals surface area (Å²) in [6, 6.07) is 12.9. The van der Waals surface area contributed by atoms with Crippen LogP contribution < -0.4 is 9.16 Å². The van der Waals surface area contributed by atoms with E-state index in [0.717, 1.165) is 0 Å². The van der Waals surface area contributed by atoms with Crippen LogP contribution in [0.1, 0.15) is 28.7 Å². The number of benzene rings is 2. The van der Waals surface area contributed by atoms with Crippen molar-refractivity contribution in [3.05, 3.63) is 75.6 Å². The molecule has 0 aliphatic carbocycles. The molecule has 0 atom stereocenters. The second-order valence-electron chi connectivity index (χ2n) is 5.30. The molecule has 6 heteroatoms. The lowest BCUT2D eigenvalue weighted by Crippen LogP contribution is -2.30. The molecule has 3 rings (SSSR count). The van der Waals surface area contributed by atoms with E-state index < -0.39 is 5.78 Å². The molecule has 0 bridgehead atoms. The Morgan fingerprint density at radius 2 is 1.83 bits per heavy atom. The first-order valence-electron chi connectivity index (χ1n) is 7.56. The number of nitrogens with zero attached hydrogens (tertiary/aromatic N) is 2. The molecule has 0 saturated heterocycles. The smallest absolute Gasteiger partial charge is 0.329 e. The topological polar surface area (TPSA) is 77.3 Å². The number of fused-ring (bicyclic) bond motifs is 1. The molecule has 0 radical (unpaired) electrons. The van der Waals surface area contributed by atoms with Crippen LogP contribution in [0.4, 0.5) is 0 Å². The number of rotatable bonds is 4. The molecule has 0 unspecified atom stereocenters. The van der Waals surface area contributed by atoms with Gasteiger partial charge in [0.1, 0.15) is 11.3 Å². The summed E-state index contributed by atoms with van der Waals surface area (Å²) in [7, 11) is 0. The van der Waals surface area contributed by atoms with E-state index in [4.69, 9.17) is 4.74 Å². The SMILES string of the molecule is CCOc1ccc(C(=O)c2c(C)n([O-])c3ccccc3[n+]2=O)cc1. The molecule has 0 fully saturated rings. The molecule has 3 aromatic rings. The number of para-hydroxylation sites is 2. The Morgan fingerprint density at radius 1 is 1.17 bits per heavy atom. The highest BCUT2D eigenvalue weighted by Gasteiger charge is 2.27. The zero-order chi connectivity index (χ0) is 17.3. The third-order valence-corrected chi connectivity index (χ3v) is 3.81. The number of hydrogen-bond donors (Lipinski definition) is 0. The summed E-state index contributed by atoms with van der Waals surface area (Å²) in [6.07, 6.45) is 0. The Morgan fingerprint density at radius 3 is 2.50 bits per heavy atom. The van der Waals surface area contributed by atoms with Crippen LogP contribution in [0.2, 0.25) is 0 Å². The maximum Gasteiger partial charge on any atom is 0.329 e. The number of carbonyl (C=O) groups excluding carboxylic acids is 1. The van der Waals surface area contributed by atoms with Gasteiger partial charge >= 0.3 is 5.69 Å². The van der Waals surface area contributed by atoms with Crippen LogP contribution in [0.15, 0.2) is 48.5 Å². The van der Waals surface area contributed by atoms with Gasteiger partial charge in [0.25, 0.3) is 11.3 Å². The zero-order valence-corrected chi connectivity index (χ0v) is 13.4. The van der Waals surface area contributed by atoms with E-state index in [1.165, 1.54) is 13.0 Å². The van der Waals surface area contributed by atoms with Gasteiger partial charge in [0, 0.05) is 16.5 Å².